The van der Waals surface area contributed by atoms with Gasteiger partial charge in [-0.15, -0.1) is 12.4 Å². The van der Waals surface area contributed by atoms with Gasteiger partial charge in [-0.05, 0) is 32.2 Å². The van der Waals surface area contributed by atoms with E-state index in [9.17, 15) is 9.59 Å². The van der Waals surface area contributed by atoms with E-state index in [0.29, 0.717) is 32.8 Å². The van der Waals surface area contributed by atoms with Crippen molar-refractivity contribution in [2.45, 2.75) is 32.2 Å². The average Bonchev–Trinajstić information content (AvgIpc) is 2.95. The molecule has 2 rings (SSSR count). The Kier molecular flexibility index (Phi) is 7.42. The minimum atomic E-state index is -0.473. The summed E-state index contributed by atoms with van der Waals surface area (Å²) in [5.41, 5.74) is 5.70. The predicted molar refractivity (Wildman–Crippen MR) is 82.1 cm³/mol. The number of carbonyl (C=O) groups is 2. The Morgan fingerprint density at radius 3 is 2.62 bits per heavy atom. The van der Waals surface area contributed by atoms with E-state index in [4.69, 9.17) is 10.5 Å². The zero-order chi connectivity index (χ0) is 14.5. The van der Waals surface area contributed by atoms with Gasteiger partial charge in [0.25, 0.3) is 0 Å². The first-order chi connectivity index (χ1) is 9.63. The van der Waals surface area contributed by atoms with Crippen LogP contribution in [0, 0.1) is 11.8 Å². The topological polar surface area (TPSA) is 84.7 Å². The molecule has 0 aromatic rings. The molecule has 0 bridgehead atoms. The van der Waals surface area contributed by atoms with Crippen molar-refractivity contribution in [2.75, 3.05) is 32.8 Å². The van der Waals surface area contributed by atoms with E-state index in [0.717, 1.165) is 19.3 Å². The van der Waals surface area contributed by atoms with Crippen LogP contribution in [0.3, 0.4) is 0 Å². The number of morpholine rings is 1. The van der Waals surface area contributed by atoms with Crippen molar-refractivity contribution in [3.8, 4) is 0 Å². The summed E-state index contributed by atoms with van der Waals surface area (Å²) in [5, 5.41) is 2.86. The van der Waals surface area contributed by atoms with Crippen LogP contribution in [0.4, 0.5) is 0 Å². The molecule has 21 heavy (non-hydrogen) atoms. The Labute approximate surface area is 132 Å². The summed E-state index contributed by atoms with van der Waals surface area (Å²) >= 11 is 0. The van der Waals surface area contributed by atoms with Gasteiger partial charge in [-0.1, -0.05) is 6.42 Å². The van der Waals surface area contributed by atoms with E-state index in [-0.39, 0.29) is 36.1 Å². The molecule has 0 aromatic carbocycles. The highest BCUT2D eigenvalue weighted by Crippen LogP contribution is 2.31. The van der Waals surface area contributed by atoms with Gasteiger partial charge in [0.1, 0.15) is 6.04 Å². The average molecular weight is 320 g/mol. The Hall–Kier alpha value is -0.850. The fourth-order valence-corrected chi connectivity index (χ4v) is 3.10. The number of halogens is 1. The molecule has 1 saturated carbocycles. The lowest BCUT2D eigenvalue weighted by Gasteiger charge is -2.30. The Balaban J connectivity index is 0.00000220. The number of ether oxygens (including phenoxy) is 1. The van der Waals surface area contributed by atoms with E-state index in [1.54, 1.807) is 11.8 Å². The fraction of sp³-hybridized carbons (Fsp3) is 0.857. The van der Waals surface area contributed by atoms with Gasteiger partial charge in [0, 0.05) is 19.0 Å². The first-order valence-corrected chi connectivity index (χ1v) is 7.50. The Bertz CT molecular complexity index is 361. The molecule has 0 radical (unpaired) electrons. The van der Waals surface area contributed by atoms with Gasteiger partial charge in [-0.25, -0.2) is 0 Å². The van der Waals surface area contributed by atoms with Crippen molar-refractivity contribution in [3.63, 3.8) is 0 Å². The number of hydrogen-bond donors (Lipinski definition) is 2. The molecule has 1 unspecified atom stereocenters. The van der Waals surface area contributed by atoms with Crippen LogP contribution in [0.2, 0.25) is 0 Å². The van der Waals surface area contributed by atoms with Crippen molar-refractivity contribution in [2.24, 2.45) is 17.6 Å². The minimum absolute atomic E-state index is 0. The van der Waals surface area contributed by atoms with Gasteiger partial charge in [0.2, 0.25) is 11.8 Å². The molecule has 3 N–H and O–H groups in total. The molecule has 1 aliphatic heterocycles. The van der Waals surface area contributed by atoms with E-state index >= 15 is 0 Å². The zero-order valence-electron chi connectivity index (χ0n) is 12.5. The van der Waals surface area contributed by atoms with Crippen LogP contribution >= 0.6 is 12.4 Å². The molecule has 1 saturated heterocycles. The van der Waals surface area contributed by atoms with Gasteiger partial charge in [0.05, 0.1) is 13.2 Å². The number of hydrogen-bond acceptors (Lipinski definition) is 4. The van der Waals surface area contributed by atoms with Crippen LogP contribution < -0.4 is 11.1 Å². The van der Waals surface area contributed by atoms with E-state index in [1.807, 2.05) is 0 Å². The van der Waals surface area contributed by atoms with Crippen molar-refractivity contribution in [3.05, 3.63) is 0 Å². The van der Waals surface area contributed by atoms with Gasteiger partial charge < -0.3 is 20.7 Å². The first kappa shape index (κ1) is 18.2. The number of nitrogens with two attached hydrogens (primary N) is 1. The maximum absolute atomic E-state index is 12.3. The lowest BCUT2D eigenvalue weighted by molar-refractivity contribution is -0.140. The summed E-state index contributed by atoms with van der Waals surface area (Å²) in [5.74, 6) is 0.191. The largest absolute Gasteiger partial charge is 0.378 e. The highest BCUT2D eigenvalue weighted by atomic mass is 35.5. The van der Waals surface area contributed by atoms with Crippen LogP contribution in [0.5, 0.6) is 0 Å². The molecule has 2 aliphatic rings. The summed E-state index contributed by atoms with van der Waals surface area (Å²) < 4.78 is 5.23. The third kappa shape index (κ3) is 4.56. The molecule has 1 aliphatic carbocycles. The van der Waals surface area contributed by atoms with Crippen molar-refractivity contribution >= 4 is 24.2 Å². The van der Waals surface area contributed by atoms with Crippen LogP contribution in [0.25, 0.3) is 0 Å². The van der Waals surface area contributed by atoms with E-state index < -0.39 is 6.04 Å². The second-order valence-corrected chi connectivity index (χ2v) is 5.70. The van der Waals surface area contributed by atoms with Gasteiger partial charge in [-0.3, -0.25) is 9.59 Å². The number of nitrogens with zero attached hydrogens (tertiary/aromatic N) is 1. The Morgan fingerprint density at radius 1 is 1.33 bits per heavy atom. The minimum Gasteiger partial charge on any atom is -0.378 e. The Morgan fingerprint density at radius 2 is 2.00 bits per heavy atom. The molecule has 3 atom stereocenters. The number of rotatable bonds is 4. The number of nitrogens with one attached hydrogen (secondary N) is 1. The maximum atomic E-state index is 12.3. The second-order valence-electron chi connectivity index (χ2n) is 5.70. The third-order valence-electron chi connectivity index (χ3n) is 4.35. The SMILES string of the molecule is CC(NC(=O)[C@@H]1CCC[C@@H]1CN)C(=O)N1CCOCC1.Cl. The van der Waals surface area contributed by atoms with Crippen LogP contribution in [0.1, 0.15) is 26.2 Å². The lowest BCUT2D eigenvalue weighted by Crippen LogP contribution is -2.51. The third-order valence-corrected chi connectivity index (χ3v) is 4.35. The van der Waals surface area contributed by atoms with E-state index in [1.165, 1.54) is 0 Å². The van der Waals surface area contributed by atoms with Crippen LogP contribution in [-0.2, 0) is 14.3 Å². The summed E-state index contributed by atoms with van der Waals surface area (Å²) in [7, 11) is 0. The van der Waals surface area contributed by atoms with Gasteiger partial charge >= 0.3 is 0 Å². The second kappa shape index (κ2) is 8.56. The van der Waals surface area contributed by atoms with E-state index in [2.05, 4.69) is 5.32 Å². The molecule has 1 heterocycles. The van der Waals surface area contributed by atoms with Crippen molar-refractivity contribution in [1.29, 1.82) is 0 Å². The molecular weight excluding hydrogens is 294 g/mol. The maximum Gasteiger partial charge on any atom is 0.245 e. The summed E-state index contributed by atoms with van der Waals surface area (Å²) in [6, 6.07) is -0.473. The quantitative estimate of drug-likeness (QED) is 0.772. The fourth-order valence-electron chi connectivity index (χ4n) is 3.10. The van der Waals surface area contributed by atoms with Crippen molar-refractivity contribution < 1.29 is 14.3 Å². The van der Waals surface area contributed by atoms with Gasteiger partial charge in [0.15, 0.2) is 0 Å². The molecule has 6 nitrogen and oxygen atoms in total. The van der Waals surface area contributed by atoms with Crippen LogP contribution in [0.15, 0.2) is 0 Å². The molecule has 122 valence electrons. The molecule has 0 aromatic heterocycles. The molecule has 7 heteroatoms. The first-order valence-electron chi connectivity index (χ1n) is 7.50. The van der Waals surface area contributed by atoms with Gasteiger partial charge in [-0.2, -0.15) is 0 Å². The molecular formula is C14H26ClN3O3. The predicted octanol–water partition coefficient (Wildman–Crippen LogP) is 0.147. The van der Waals surface area contributed by atoms with Crippen molar-refractivity contribution in [1.82, 2.24) is 10.2 Å². The zero-order valence-corrected chi connectivity index (χ0v) is 13.4. The monoisotopic (exact) mass is 319 g/mol. The summed E-state index contributed by atoms with van der Waals surface area (Å²) in [4.78, 5) is 26.2. The standard InChI is InChI=1S/C14H25N3O3.ClH/c1-10(14(19)17-5-7-20-8-6-17)16-13(18)12-4-2-3-11(12)9-15;/h10-12H,2-9,15H2,1H3,(H,16,18);1H/t10?,11-,12-;/m1./s1. The summed E-state index contributed by atoms with van der Waals surface area (Å²) in [6.07, 6.45) is 2.94. The lowest BCUT2D eigenvalue weighted by atomic mass is 9.95. The normalized spacial score (nSPS) is 26.9. The molecule has 2 amide bonds. The number of amides is 2. The highest BCUT2D eigenvalue weighted by molar-refractivity contribution is 5.88. The molecule has 0 spiro atoms. The van der Waals surface area contributed by atoms with Crippen LogP contribution in [-0.4, -0.2) is 55.6 Å². The highest BCUT2D eigenvalue weighted by Gasteiger charge is 2.33. The smallest absolute Gasteiger partial charge is 0.245 e. The number of carbonyl (C=O) groups excluding carboxylic acids is 2. The molecule has 2 fully saturated rings. The summed E-state index contributed by atoms with van der Waals surface area (Å²) in [6.45, 7) is 4.66.